The maximum absolute atomic E-state index is 10.5. The van der Waals surface area contributed by atoms with Crippen LogP contribution in [0.2, 0.25) is 0 Å². The van der Waals surface area contributed by atoms with Gasteiger partial charge in [0.05, 0.1) is 18.7 Å². The summed E-state index contributed by atoms with van der Waals surface area (Å²) in [5.41, 5.74) is -0.622. The van der Waals surface area contributed by atoms with Crippen LogP contribution in [-0.2, 0) is 24.3 Å². The first-order chi connectivity index (χ1) is 12.1. The minimum Gasteiger partial charge on any atom is -0.388 e. The lowest BCUT2D eigenvalue weighted by Gasteiger charge is -2.26. The Labute approximate surface area is 172 Å². The third kappa shape index (κ3) is 5.53. The Hall–Kier alpha value is -0.940. The molecule has 0 spiro atoms. The Morgan fingerprint density at radius 1 is 1.42 bits per heavy atom. The normalized spacial score (nSPS) is 21.8. The number of aliphatic hydroxyl groups is 1. The van der Waals surface area contributed by atoms with E-state index < -0.39 is 5.60 Å². The summed E-state index contributed by atoms with van der Waals surface area (Å²) in [6.07, 6.45) is 5.76. The first-order valence-corrected chi connectivity index (χ1v) is 9.30. The van der Waals surface area contributed by atoms with Crippen LogP contribution in [0.25, 0.3) is 0 Å². The number of nitrogens with zero attached hydrogens (tertiary/aromatic N) is 4. The van der Waals surface area contributed by atoms with Crippen LogP contribution < -0.4 is 10.6 Å². The molecule has 0 saturated heterocycles. The summed E-state index contributed by atoms with van der Waals surface area (Å²) in [7, 11) is 1.65. The Bertz CT molecular complexity index is 600. The minimum absolute atomic E-state index is 0. The van der Waals surface area contributed by atoms with Gasteiger partial charge in [0.2, 0.25) is 0 Å². The highest BCUT2D eigenvalue weighted by Crippen LogP contribution is 2.29. The van der Waals surface area contributed by atoms with Gasteiger partial charge in [-0.3, -0.25) is 4.99 Å². The topological polar surface area (TPSA) is 96.6 Å². The van der Waals surface area contributed by atoms with Crippen molar-refractivity contribution in [3.8, 4) is 0 Å². The summed E-state index contributed by atoms with van der Waals surface area (Å²) < 4.78 is 7.07. The second-order valence-corrected chi connectivity index (χ2v) is 7.07. The third-order valence-corrected chi connectivity index (χ3v) is 4.93. The van der Waals surface area contributed by atoms with Crippen LogP contribution in [0.3, 0.4) is 0 Å². The molecule has 0 amide bonds. The van der Waals surface area contributed by atoms with Crippen molar-refractivity contribution in [3.63, 3.8) is 0 Å². The molecule has 1 atom stereocenters. The summed E-state index contributed by atoms with van der Waals surface area (Å²) in [6, 6.07) is 0.251. The van der Waals surface area contributed by atoms with E-state index in [-0.39, 0.29) is 30.0 Å². The van der Waals surface area contributed by atoms with Crippen LogP contribution >= 0.6 is 24.0 Å². The van der Waals surface area contributed by atoms with Crippen molar-refractivity contribution in [2.75, 3.05) is 20.2 Å². The molecule has 0 radical (unpaired) electrons. The lowest BCUT2D eigenvalue weighted by atomic mass is 10.0. The molecule has 0 aromatic carbocycles. The summed E-state index contributed by atoms with van der Waals surface area (Å²) in [4.78, 5) is 9.14. The zero-order valence-electron chi connectivity index (χ0n) is 15.7. The number of aromatic nitrogens is 3. The maximum atomic E-state index is 10.5. The minimum atomic E-state index is -0.622. The first-order valence-electron chi connectivity index (χ1n) is 9.30. The van der Waals surface area contributed by atoms with Gasteiger partial charge in [0.1, 0.15) is 12.4 Å². The molecule has 26 heavy (non-hydrogen) atoms. The smallest absolute Gasteiger partial charge is 0.191 e. The lowest BCUT2D eigenvalue weighted by Crippen LogP contribution is -2.47. The predicted molar refractivity (Wildman–Crippen MR) is 111 cm³/mol. The van der Waals surface area contributed by atoms with Crippen molar-refractivity contribution in [3.05, 3.63) is 11.6 Å². The number of fused-ring (bicyclic) bond motifs is 1. The molecule has 2 heterocycles. The van der Waals surface area contributed by atoms with Gasteiger partial charge in [-0.1, -0.05) is 12.8 Å². The number of halogens is 1. The fourth-order valence-corrected chi connectivity index (χ4v) is 3.60. The zero-order chi connectivity index (χ0) is 17.7. The molecule has 1 fully saturated rings. The molecule has 2 aliphatic rings. The molecule has 1 aromatic heterocycles. The molecular formula is C17H31IN6O2. The van der Waals surface area contributed by atoms with Crippen LogP contribution in [0, 0.1) is 0 Å². The van der Waals surface area contributed by atoms with Gasteiger partial charge in [-0.2, -0.15) is 5.10 Å². The molecule has 1 aliphatic heterocycles. The number of aryl methyl sites for hydroxylation is 1. The number of nitrogens with one attached hydrogen (secondary N) is 2. The quantitative estimate of drug-likeness (QED) is 0.323. The van der Waals surface area contributed by atoms with E-state index in [0.29, 0.717) is 13.2 Å². The van der Waals surface area contributed by atoms with E-state index in [9.17, 15) is 5.11 Å². The molecule has 8 nitrogen and oxygen atoms in total. The lowest BCUT2D eigenvalue weighted by molar-refractivity contribution is 0.0574. The Balaban J connectivity index is 0.00000243. The number of aliphatic imine (C=N–C) groups is 1. The molecule has 1 saturated carbocycles. The van der Waals surface area contributed by atoms with Crippen molar-refractivity contribution in [1.29, 1.82) is 0 Å². The fourth-order valence-electron chi connectivity index (χ4n) is 3.60. The average Bonchev–Trinajstić information content (AvgIpc) is 3.19. The third-order valence-electron chi connectivity index (χ3n) is 4.93. The van der Waals surface area contributed by atoms with Gasteiger partial charge < -0.3 is 20.5 Å². The van der Waals surface area contributed by atoms with E-state index in [1.807, 2.05) is 4.68 Å². The number of rotatable bonds is 6. The van der Waals surface area contributed by atoms with Crippen LogP contribution in [0.15, 0.2) is 4.99 Å². The maximum Gasteiger partial charge on any atom is 0.191 e. The van der Waals surface area contributed by atoms with Crippen molar-refractivity contribution in [2.45, 2.75) is 70.2 Å². The molecule has 1 aromatic rings. The second-order valence-electron chi connectivity index (χ2n) is 7.07. The number of methoxy groups -OCH3 is 1. The van der Waals surface area contributed by atoms with Crippen LogP contribution in [0.1, 0.15) is 50.7 Å². The Morgan fingerprint density at radius 3 is 2.88 bits per heavy atom. The predicted octanol–water partition coefficient (Wildman–Crippen LogP) is 1.22. The van der Waals surface area contributed by atoms with E-state index in [1.54, 1.807) is 7.11 Å². The molecule has 0 bridgehead atoms. The first kappa shape index (κ1) is 21.4. The van der Waals surface area contributed by atoms with E-state index in [2.05, 4.69) is 32.6 Å². The molecule has 3 N–H and O–H groups in total. The van der Waals surface area contributed by atoms with Crippen molar-refractivity contribution in [2.24, 2.45) is 4.99 Å². The van der Waals surface area contributed by atoms with Crippen molar-refractivity contribution in [1.82, 2.24) is 25.4 Å². The largest absolute Gasteiger partial charge is 0.388 e. The highest BCUT2D eigenvalue weighted by atomic mass is 127. The standard InChI is InChI=1S/C17H30N6O2.HI/c1-3-18-16(19-12-17(24)8-4-5-9-17)20-13-6-7-15-21-14(11-25-2)22-23(15)10-13;/h13,24H,3-12H2,1-2H3,(H2,18,19,20);1H. The highest BCUT2D eigenvalue weighted by molar-refractivity contribution is 14.0. The van der Waals surface area contributed by atoms with Gasteiger partial charge in [0, 0.05) is 26.1 Å². The summed E-state index contributed by atoms with van der Waals surface area (Å²) in [5.74, 6) is 2.53. The Morgan fingerprint density at radius 2 is 2.19 bits per heavy atom. The number of guanidine groups is 1. The summed E-state index contributed by atoms with van der Waals surface area (Å²) >= 11 is 0. The van der Waals surface area contributed by atoms with Crippen molar-refractivity contribution >= 4 is 29.9 Å². The second kappa shape index (κ2) is 9.84. The van der Waals surface area contributed by atoms with Gasteiger partial charge in [-0.15, -0.1) is 24.0 Å². The molecule has 1 unspecified atom stereocenters. The van der Waals surface area contributed by atoms with E-state index in [0.717, 1.165) is 69.2 Å². The summed E-state index contributed by atoms with van der Waals surface area (Å²) in [5, 5.41) is 21.8. The fraction of sp³-hybridized carbons (Fsp3) is 0.824. The van der Waals surface area contributed by atoms with Crippen molar-refractivity contribution < 1.29 is 9.84 Å². The number of hydrogen-bond donors (Lipinski definition) is 3. The van der Waals surface area contributed by atoms with Gasteiger partial charge in [-0.25, -0.2) is 9.67 Å². The molecular weight excluding hydrogens is 447 g/mol. The molecule has 3 rings (SSSR count). The molecule has 9 heteroatoms. The monoisotopic (exact) mass is 478 g/mol. The van der Waals surface area contributed by atoms with Crippen LogP contribution in [0.5, 0.6) is 0 Å². The highest BCUT2D eigenvalue weighted by Gasteiger charge is 2.31. The van der Waals surface area contributed by atoms with Gasteiger partial charge >= 0.3 is 0 Å². The molecule has 1 aliphatic carbocycles. The van der Waals surface area contributed by atoms with E-state index in [1.165, 1.54) is 0 Å². The number of ether oxygens (including phenoxy) is 1. The molecule has 148 valence electrons. The average molecular weight is 478 g/mol. The Kier molecular flexibility index (Phi) is 8.08. The van der Waals surface area contributed by atoms with Crippen LogP contribution in [0.4, 0.5) is 0 Å². The van der Waals surface area contributed by atoms with Gasteiger partial charge in [0.25, 0.3) is 0 Å². The van der Waals surface area contributed by atoms with Gasteiger partial charge in [0.15, 0.2) is 11.8 Å². The summed E-state index contributed by atoms with van der Waals surface area (Å²) in [6.45, 7) is 4.52. The zero-order valence-corrected chi connectivity index (χ0v) is 18.0. The van der Waals surface area contributed by atoms with Crippen LogP contribution in [-0.4, -0.2) is 57.7 Å². The van der Waals surface area contributed by atoms with E-state index in [4.69, 9.17) is 4.74 Å². The van der Waals surface area contributed by atoms with E-state index >= 15 is 0 Å². The number of hydrogen-bond acceptors (Lipinski definition) is 5. The SMILES string of the molecule is CCNC(=NCC1(O)CCCC1)NC1CCc2nc(COC)nn2C1.I. The van der Waals surface area contributed by atoms with Gasteiger partial charge in [-0.05, 0) is 26.2 Å².